The third kappa shape index (κ3) is 2.05. The highest BCUT2D eigenvalue weighted by Crippen LogP contribution is 2.26. The molecule has 2 atom stereocenters. The molecule has 0 saturated carbocycles. The zero-order chi connectivity index (χ0) is 11.7. The fraction of sp³-hybridized carbons (Fsp3) is 0.455. The van der Waals surface area contributed by atoms with Gasteiger partial charge in [0.05, 0.1) is 6.10 Å². The van der Waals surface area contributed by atoms with Gasteiger partial charge >= 0.3 is 0 Å². The average molecular weight is 231 g/mol. The highest BCUT2D eigenvalue weighted by atomic mass is 19.2. The number of halogens is 3. The van der Waals surface area contributed by atoms with E-state index in [1.165, 1.54) is 0 Å². The van der Waals surface area contributed by atoms with Gasteiger partial charge in [0.25, 0.3) is 0 Å². The van der Waals surface area contributed by atoms with Gasteiger partial charge in [-0.25, -0.2) is 13.2 Å². The molecule has 5 heteroatoms. The predicted octanol–water partition coefficient (Wildman–Crippen LogP) is 1.89. The van der Waals surface area contributed by atoms with Gasteiger partial charge in [0, 0.05) is 17.7 Å². The standard InChI is InChI=1S/C11H12F3NO/c12-7-5-9(14)8(13)4-6(7)11(16)10-2-1-3-15-10/h4-5,10-11,15-16H,1-3H2. The largest absolute Gasteiger partial charge is 0.387 e. The quantitative estimate of drug-likeness (QED) is 0.762. The molecule has 2 nitrogen and oxygen atoms in total. The van der Waals surface area contributed by atoms with Crippen molar-refractivity contribution in [2.24, 2.45) is 0 Å². The minimum absolute atomic E-state index is 0.196. The van der Waals surface area contributed by atoms with E-state index < -0.39 is 23.6 Å². The summed E-state index contributed by atoms with van der Waals surface area (Å²) in [5, 5.41) is 12.8. The van der Waals surface area contributed by atoms with Crippen molar-refractivity contribution in [1.82, 2.24) is 5.32 Å². The number of nitrogens with one attached hydrogen (secondary N) is 1. The Morgan fingerprint density at radius 1 is 1.19 bits per heavy atom. The van der Waals surface area contributed by atoms with Crippen LogP contribution in [0.1, 0.15) is 24.5 Å². The summed E-state index contributed by atoms with van der Waals surface area (Å²) in [5.41, 5.74) is -0.196. The van der Waals surface area contributed by atoms with Crippen LogP contribution < -0.4 is 5.32 Å². The first-order valence-electron chi connectivity index (χ1n) is 5.15. The molecular weight excluding hydrogens is 219 g/mol. The van der Waals surface area contributed by atoms with Gasteiger partial charge in [0.1, 0.15) is 5.82 Å². The van der Waals surface area contributed by atoms with Crippen LogP contribution >= 0.6 is 0 Å². The average Bonchev–Trinajstić information content (AvgIpc) is 2.75. The van der Waals surface area contributed by atoms with E-state index in [-0.39, 0.29) is 11.6 Å². The van der Waals surface area contributed by atoms with E-state index in [9.17, 15) is 18.3 Å². The molecule has 0 bridgehead atoms. The zero-order valence-corrected chi connectivity index (χ0v) is 8.51. The van der Waals surface area contributed by atoms with Gasteiger partial charge in [-0.3, -0.25) is 0 Å². The topological polar surface area (TPSA) is 32.3 Å². The van der Waals surface area contributed by atoms with Crippen molar-refractivity contribution in [3.63, 3.8) is 0 Å². The normalized spacial score (nSPS) is 22.4. The van der Waals surface area contributed by atoms with Gasteiger partial charge in [-0.15, -0.1) is 0 Å². The highest BCUT2D eigenvalue weighted by molar-refractivity contribution is 5.23. The SMILES string of the molecule is OC(c1cc(F)c(F)cc1F)C1CCCN1. The van der Waals surface area contributed by atoms with E-state index in [0.29, 0.717) is 12.5 Å². The minimum Gasteiger partial charge on any atom is -0.387 e. The fourth-order valence-corrected chi connectivity index (χ4v) is 1.96. The zero-order valence-electron chi connectivity index (χ0n) is 8.51. The lowest BCUT2D eigenvalue weighted by atomic mass is 10.0. The third-order valence-electron chi connectivity index (χ3n) is 2.84. The molecule has 2 unspecified atom stereocenters. The van der Waals surface area contributed by atoms with Gasteiger partial charge in [0.2, 0.25) is 0 Å². The molecule has 0 amide bonds. The van der Waals surface area contributed by atoms with Crippen LogP contribution in [0.15, 0.2) is 12.1 Å². The summed E-state index contributed by atoms with van der Waals surface area (Å²) in [7, 11) is 0. The number of benzene rings is 1. The Morgan fingerprint density at radius 3 is 2.50 bits per heavy atom. The first kappa shape index (κ1) is 11.4. The van der Waals surface area contributed by atoms with Crippen molar-refractivity contribution >= 4 is 0 Å². The van der Waals surface area contributed by atoms with Gasteiger partial charge < -0.3 is 10.4 Å². The second-order valence-corrected chi connectivity index (χ2v) is 3.94. The Kier molecular flexibility index (Phi) is 3.16. The van der Waals surface area contributed by atoms with Crippen LogP contribution in [0.2, 0.25) is 0 Å². The fourth-order valence-electron chi connectivity index (χ4n) is 1.96. The lowest BCUT2D eigenvalue weighted by molar-refractivity contribution is 0.132. The number of aliphatic hydroxyl groups excluding tert-OH is 1. The van der Waals surface area contributed by atoms with Gasteiger partial charge in [0.15, 0.2) is 11.6 Å². The summed E-state index contributed by atoms with van der Waals surface area (Å²) < 4.78 is 39.0. The summed E-state index contributed by atoms with van der Waals surface area (Å²) in [4.78, 5) is 0. The van der Waals surface area contributed by atoms with Crippen LogP contribution in [0.3, 0.4) is 0 Å². The molecule has 0 aliphatic carbocycles. The number of rotatable bonds is 2. The van der Waals surface area contributed by atoms with Gasteiger partial charge in [-0.05, 0) is 25.5 Å². The highest BCUT2D eigenvalue weighted by Gasteiger charge is 2.27. The van der Waals surface area contributed by atoms with E-state index in [0.717, 1.165) is 19.0 Å². The Hall–Kier alpha value is -1.07. The minimum atomic E-state index is -1.24. The predicted molar refractivity (Wildman–Crippen MR) is 52.3 cm³/mol. The number of aliphatic hydroxyl groups is 1. The molecule has 1 aromatic rings. The molecule has 1 heterocycles. The Labute approximate surface area is 91.1 Å². The number of hydrogen-bond donors (Lipinski definition) is 2. The van der Waals surface area contributed by atoms with Crippen molar-refractivity contribution in [2.75, 3.05) is 6.54 Å². The van der Waals surface area contributed by atoms with Crippen molar-refractivity contribution < 1.29 is 18.3 Å². The molecule has 1 aliphatic heterocycles. The number of hydrogen-bond acceptors (Lipinski definition) is 2. The van der Waals surface area contributed by atoms with Crippen molar-refractivity contribution in [3.8, 4) is 0 Å². The van der Waals surface area contributed by atoms with E-state index in [4.69, 9.17) is 0 Å². The first-order chi connectivity index (χ1) is 7.59. The molecule has 0 radical (unpaired) electrons. The van der Waals surface area contributed by atoms with Crippen LogP contribution in [-0.4, -0.2) is 17.7 Å². The molecule has 1 saturated heterocycles. The van der Waals surface area contributed by atoms with E-state index in [1.54, 1.807) is 0 Å². The van der Waals surface area contributed by atoms with Crippen LogP contribution in [0.25, 0.3) is 0 Å². The molecule has 2 rings (SSSR count). The first-order valence-corrected chi connectivity index (χ1v) is 5.15. The Bertz CT molecular complexity index is 391. The molecule has 1 aliphatic rings. The molecule has 16 heavy (non-hydrogen) atoms. The van der Waals surface area contributed by atoms with Crippen LogP contribution in [-0.2, 0) is 0 Å². The smallest absolute Gasteiger partial charge is 0.161 e. The molecule has 0 spiro atoms. The maximum Gasteiger partial charge on any atom is 0.161 e. The van der Waals surface area contributed by atoms with Crippen LogP contribution in [0, 0.1) is 17.5 Å². The maximum absolute atomic E-state index is 13.3. The second kappa shape index (κ2) is 4.43. The molecular formula is C11H12F3NO. The van der Waals surface area contributed by atoms with E-state index in [2.05, 4.69) is 5.32 Å². The van der Waals surface area contributed by atoms with Crippen LogP contribution in [0.5, 0.6) is 0 Å². The van der Waals surface area contributed by atoms with Gasteiger partial charge in [-0.1, -0.05) is 0 Å². The summed E-state index contributed by atoms with van der Waals surface area (Å²) in [6.45, 7) is 0.743. The van der Waals surface area contributed by atoms with Crippen LogP contribution in [0.4, 0.5) is 13.2 Å². The van der Waals surface area contributed by atoms with Gasteiger partial charge in [-0.2, -0.15) is 0 Å². The summed E-state index contributed by atoms with van der Waals surface area (Å²) in [6, 6.07) is 0.886. The van der Waals surface area contributed by atoms with E-state index in [1.807, 2.05) is 0 Å². The molecule has 1 fully saturated rings. The summed E-state index contributed by atoms with van der Waals surface area (Å²) in [6.07, 6.45) is 0.435. The monoisotopic (exact) mass is 231 g/mol. The van der Waals surface area contributed by atoms with Crippen molar-refractivity contribution in [3.05, 3.63) is 35.1 Å². The molecule has 2 N–H and O–H groups in total. The summed E-state index contributed by atoms with van der Waals surface area (Å²) >= 11 is 0. The summed E-state index contributed by atoms with van der Waals surface area (Å²) in [5.74, 6) is -3.30. The molecule has 1 aromatic carbocycles. The van der Waals surface area contributed by atoms with E-state index >= 15 is 0 Å². The molecule has 88 valence electrons. The van der Waals surface area contributed by atoms with Crippen molar-refractivity contribution in [1.29, 1.82) is 0 Å². The van der Waals surface area contributed by atoms with Crippen molar-refractivity contribution in [2.45, 2.75) is 25.0 Å². The lowest BCUT2D eigenvalue weighted by Crippen LogP contribution is -2.29. The molecule has 0 aromatic heterocycles. The second-order valence-electron chi connectivity index (χ2n) is 3.94. The lowest BCUT2D eigenvalue weighted by Gasteiger charge is -2.19. The third-order valence-corrected chi connectivity index (χ3v) is 2.84. The maximum atomic E-state index is 13.3. The Balaban J connectivity index is 2.28. The Morgan fingerprint density at radius 2 is 1.88 bits per heavy atom.